The van der Waals surface area contributed by atoms with E-state index in [4.69, 9.17) is 5.26 Å². The van der Waals surface area contributed by atoms with E-state index in [1.807, 2.05) is 6.07 Å². The first-order valence-electron chi connectivity index (χ1n) is 3.84. The number of nitriles is 1. The maximum atomic E-state index is 11.4. The zero-order valence-electron chi connectivity index (χ0n) is 6.77. The Morgan fingerprint density at radius 1 is 1.62 bits per heavy atom. The summed E-state index contributed by atoms with van der Waals surface area (Å²) in [5.74, 6) is 0.156. The van der Waals surface area contributed by atoms with Crippen LogP contribution in [0.15, 0.2) is 11.1 Å². The minimum absolute atomic E-state index is 0.156. The Bertz CT molecular complexity index is 480. The molecule has 2 rings (SSSR count). The van der Waals surface area contributed by atoms with Crippen LogP contribution in [0.25, 0.3) is 0 Å². The van der Waals surface area contributed by atoms with Crippen molar-refractivity contribution < 1.29 is 8.42 Å². The number of aromatic nitrogens is 2. The van der Waals surface area contributed by atoms with Gasteiger partial charge in [-0.15, -0.1) is 0 Å². The average Bonchev–Trinajstić information content (AvgIpc) is 2.48. The molecule has 68 valence electrons. The molecule has 0 unspecified atom stereocenters. The number of hydrogen-bond acceptors (Lipinski definition) is 4. The van der Waals surface area contributed by atoms with Crippen molar-refractivity contribution in [3.8, 4) is 6.07 Å². The highest BCUT2D eigenvalue weighted by Crippen LogP contribution is 2.18. The number of aryl methyl sites for hydroxylation is 1. The lowest BCUT2D eigenvalue weighted by molar-refractivity contribution is 0.502. The van der Waals surface area contributed by atoms with E-state index in [9.17, 15) is 8.42 Å². The molecule has 1 aromatic rings. The zero-order valence-corrected chi connectivity index (χ0v) is 7.58. The standard InChI is InChI=1S/C7H7N3O2S/c8-5-6-4-7-10(9-6)2-1-3-13(7,11)12/h4H,1-3H2. The van der Waals surface area contributed by atoms with Crippen LogP contribution in [-0.4, -0.2) is 24.0 Å². The van der Waals surface area contributed by atoms with Gasteiger partial charge in [0.1, 0.15) is 6.07 Å². The molecule has 2 heterocycles. The van der Waals surface area contributed by atoms with Crippen molar-refractivity contribution in [2.45, 2.75) is 18.0 Å². The third-order valence-corrected chi connectivity index (χ3v) is 3.75. The molecule has 0 aromatic carbocycles. The fraction of sp³-hybridized carbons (Fsp3) is 0.429. The van der Waals surface area contributed by atoms with E-state index in [0.717, 1.165) is 0 Å². The Balaban J connectivity index is 2.66. The van der Waals surface area contributed by atoms with Crippen molar-refractivity contribution in [1.29, 1.82) is 5.26 Å². The summed E-state index contributed by atoms with van der Waals surface area (Å²) in [5, 5.41) is 12.6. The second-order valence-corrected chi connectivity index (χ2v) is 4.93. The molecular weight excluding hydrogens is 190 g/mol. The molecule has 0 spiro atoms. The molecule has 0 atom stereocenters. The van der Waals surface area contributed by atoms with E-state index in [0.29, 0.717) is 13.0 Å². The molecule has 1 aliphatic rings. The summed E-state index contributed by atoms with van der Waals surface area (Å²) in [6.07, 6.45) is 0.571. The van der Waals surface area contributed by atoms with E-state index in [-0.39, 0.29) is 16.5 Å². The maximum Gasteiger partial charge on any atom is 0.195 e. The normalized spacial score (nSPS) is 19.0. The molecule has 0 bridgehead atoms. The average molecular weight is 197 g/mol. The van der Waals surface area contributed by atoms with E-state index in [2.05, 4.69) is 5.10 Å². The van der Waals surface area contributed by atoms with Crippen molar-refractivity contribution in [3.63, 3.8) is 0 Å². The van der Waals surface area contributed by atoms with Gasteiger partial charge >= 0.3 is 0 Å². The Labute approximate surface area is 75.5 Å². The Morgan fingerprint density at radius 2 is 2.38 bits per heavy atom. The van der Waals surface area contributed by atoms with Gasteiger partial charge in [0, 0.05) is 12.6 Å². The molecule has 1 aliphatic heterocycles. The Hall–Kier alpha value is -1.35. The van der Waals surface area contributed by atoms with Crippen LogP contribution in [0.2, 0.25) is 0 Å². The van der Waals surface area contributed by atoms with Gasteiger partial charge in [0.05, 0.1) is 5.75 Å². The largest absolute Gasteiger partial charge is 0.253 e. The van der Waals surface area contributed by atoms with Crippen LogP contribution >= 0.6 is 0 Å². The lowest BCUT2D eigenvalue weighted by atomic mass is 10.5. The molecule has 6 heteroatoms. The number of fused-ring (bicyclic) bond motifs is 1. The number of sulfone groups is 1. The SMILES string of the molecule is N#Cc1cc2n(n1)CCCS2(=O)=O. The third kappa shape index (κ3) is 1.21. The van der Waals surface area contributed by atoms with Gasteiger partial charge in [-0.05, 0) is 6.42 Å². The molecule has 0 saturated carbocycles. The number of rotatable bonds is 0. The van der Waals surface area contributed by atoms with Crippen LogP contribution in [-0.2, 0) is 16.4 Å². The van der Waals surface area contributed by atoms with Crippen LogP contribution in [0.5, 0.6) is 0 Å². The molecule has 0 aliphatic carbocycles. The monoisotopic (exact) mass is 197 g/mol. The molecule has 0 amide bonds. The van der Waals surface area contributed by atoms with Gasteiger partial charge in [0.2, 0.25) is 0 Å². The van der Waals surface area contributed by atoms with Crippen LogP contribution in [0, 0.1) is 11.3 Å². The highest BCUT2D eigenvalue weighted by Gasteiger charge is 2.25. The molecular formula is C7H7N3O2S. The van der Waals surface area contributed by atoms with Gasteiger partial charge < -0.3 is 0 Å². The summed E-state index contributed by atoms with van der Waals surface area (Å²) < 4.78 is 24.3. The van der Waals surface area contributed by atoms with Crippen LogP contribution in [0.1, 0.15) is 12.1 Å². The van der Waals surface area contributed by atoms with Gasteiger partial charge in [-0.25, -0.2) is 8.42 Å². The lowest BCUT2D eigenvalue weighted by Crippen LogP contribution is -2.21. The third-order valence-electron chi connectivity index (χ3n) is 1.96. The van der Waals surface area contributed by atoms with Crippen LogP contribution in [0.3, 0.4) is 0 Å². The van der Waals surface area contributed by atoms with Crippen molar-refractivity contribution in [2.75, 3.05) is 5.75 Å². The molecule has 0 fully saturated rings. The van der Waals surface area contributed by atoms with Gasteiger partial charge in [0.25, 0.3) is 0 Å². The smallest absolute Gasteiger partial charge is 0.195 e. The van der Waals surface area contributed by atoms with E-state index < -0.39 is 9.84 Å². The van der Waals surface area contributed by atoms with Crippen molar-refractivity contribution in [1.82, 2.24) is 9.78 Å². The summed E-state index contributed by atoms with van der Waals surface area (Å²) in [5.41, 5.74) is 0.167. The predicted molar refractivity (Wildman–Crippen MR) is 43.6 cm³/mol. The second kappa shape index (κ2) is 2.57. The topological polar surface area (TPSA) is 75.8 Å². The number of nitrogens with zero attached hydrogens (tertiary/aromatic N) is 3. The maximum absolute atomic E-state index is 11.4. The van der Waals surface area contributed by atoms with E-state index in [1.54, 1.807) is 0 Å². The highest BCUT2D eigenvalue weighted by molar-refractivity contribution is 7.91. The molecule has 0 N–H and O–H groups in total. The summed E-state index contributed by atoms with van der Waals surface area (Å²) >= 11 is 0. The first-order chi connectivity index (χ1) is 6.13. The second-order valence-electron chi connectivity index (χ2n) is 2.88. The highest BCUT2D eigenvalue weighted by atomic mass is 32.2. The summed E-state index contributed by atoms with van der Waals surface area (Å²) in [4.78, 5) is 0. The van der Waals surface area contributed by atoms with Gasteiger partial charge in [-0.2, -0.15) is 10.4 Å². The number of hydrogen-bond donors (Lipinski definition) is 0. The Morgan fingerprint density at radius 3 is 3.00 bits per heavy atom. The van der Waals surface area contributed by atoms with E-state index in [1.165, 1.54) is 10.7 Å². The first kappa shape index (κ1) is 8.26. The minimum atomic E-state index is -3.18. The lowest BCUT2D eigenvalue weighted by Gasteiger charge is -2.12. The molecule has 0 saturated heterocycles. The first-order valence-corrected chi connectivity index (χ1v) is 5.49. The predicted octanol–water partition coefficient (Wildman–Crippen LogP) is -0.0678. The molecule has 5 nitrogen and oxygen atoms in total. The van der Waals surface area contributed by atoms with Crippen molar-refractivity contribution in [2.24, 2.45) is 0 Å². The zero-order chi connectivity index (χ0) is 9.47. The van der Waals surface area contributed by atoms with Crippen molar-refractivity contribution >= 4 is 9.84 Å². The summed E-state index contributed by atoms with van der Waals surface area (Å²) in [7, 11) is -3.18. The van der Waals surface area contributed by atoms with Crippen LogP contribution < -0.4 is 0 Å². The van der Waals surface area contributed by atoms with Gasteiger partial charge in [0.15, 0.2) is 20.6 Å². The fourth-order valence-electron chi connectivity index (χ4n) is 1.37. The molecule has 0 radical (unpaired) electrons. The van der Waals surface area contributed by atoms with E-state index >= 15 is 0 Å². The van der Waals surface area contributed by atoms with Crippen molar-refractivity contribution in [3.05, 3.63) is 11.8 Å². The molecule has 13 heavy (non-hydrogen) atoms. The summed E-state index contributed by atoms with van der Waals surface area (Å²) in [6, 6.07) is 3.15. The molecule has 1 aromatic heterocycles. The van der Waals surface area contributed by atoms with Gasteiger partial charge in [-0.1, -0.05) is 0 Å². The van der Waals surface area contributed by atoms with Crippen LogP contribution in [0.4, 0.5) is 0 Å². The fourth-order valence-corrected chi connectivity index (χ4v) is 2.84. The Kier molecular flexibility index (Phi) is 1.63. The van der Waals surface area contributed by atoms with Gasteiger partial charge in [-0.3, -0.25) is 4.68 Å². The summed E-state index contributed by atoms with van der Waals surface area (Å²) in [6.45, 7) is 0.580. The minimum Gasteiger partial charge on any atom is -0.253 e. The quantitative estimate of drug-likeness (QED) is 0.583.